The number of ether oxygens (including phenoxy) is 1. The van der Waals surface area contributed by atoms with Crippen LogP contribution in [-0.2, 0) is 22.4 Å². The second-order valence-corrected chi connectivity index (χ2v) is 10.3. The molecule has 1 fully saturated rings. The molecule has 0 saturated carbocycles. The number of benzene rings is 2. The van der Waals surface area contributed by atoms with E-state index >= 15 is 0 Å². The highest BCUT2D eigenvalue weighted by Gasteiger charge is 2.25. The van der Waals surface area contributed by atoms with E-state index in [0.29, 0.717) is 12.3 Å². The summed E-state index contributed by atoms with van der Waals surface area (Å²) in [6.07, 6.45) is 19.1. The molecule has 2 aliphatic carbocycles. The lowest BCUT2D eigenvalue weighted by Gasteiger charge is -2.34. The van der Waals surface area contributed by atoms with E-state index in [1.807, 2.05) is 36.7 Å². The van der Waals surface area contributed by atoms with E-state index in [4.69, 9.17) is 4.74 Å². The maximum absolute atomic E-state index is 13.2. The van der Waals surface area contributed by atoms with Gasteiger partial charge in [-0.05, 0) is 64.1 Å². The van der Waals surface area contributed by atoms with Gasteiger partial charge in [0.15, 0.2) is 5.78 Å². The largest absolute Gasteiger partial charge is 0.383 e. The number of piperazine rings is 1. The lowest BCUT2D eigenvalue weighted by molar-refractivity contribution is -0.122. The number of Topliss-reactive ketones (excluding diaryl/α,β-unsaturated/α-hetero) is 1. The fraction of sp³-hybridized carbons (Fsp3) is 0.364. The van der Waals surface area contributed by atoms with E-state index in [2.05, 4.69) is 63.7 Å². The number of nitrogens with one attached hydrogen (secondary N) is 1. The monoisotopic (exact) mass is 509 g/mol. The molecule has 198 valence electrons. The zero-order valence-electron chi connectivity index (χ0n) is 22.4. The summed E-state index contributed by atoms with van der Waals surface area (Å²) in [5.74, 6) is 0.417. The first kappa shape index (κ1) is 26.4. The van der Waals surface area contributed by atoms with Crippen LogP contribution in [0.3, 0.4) is 0 Å². The molecule has 1 N–H and O–H groups in total. The molecule has 0 aromatic heterocycles. The quantitative estimate of drug-likeness (QED) is 0.649. The highest BCUT2D eigenvalue weighted by molar-refractivity contribution is 5.88. The summed E-state index contributed by atoms with van der Waals surface area (Å²) in [4.78, 5) is 17.9. The Morgan fingerprint density at radius 1 is 0.895 bits per heavy atom. The van der Waals surface area contributed by atoms with Crippen LogP contribution < -0.4 is 15.8 Å². The standard InChI is InChI=1S/C27H32N2O2.C6H7N/c1-31-17-16-28-12-14-29(15-13-28)19-27(30)22-7-6-21-9-10-24-23-5-3-2-4-20(23)8-11-25(24)26(21)18-22;1-2-4-6-7-5-3-1/h2-5,9-11,18,22H,6-8,12-17,19H2,1H3;1-7H. The molecule has 0 radical (unpaired) electrons. The SMILES string of the molecule is C1=CC=CNC=C1.COCCN1CCN(CC(=O)C2C=c3c(ccc4c3=CCc3ccccc3-4)CC2)CC1. The number of hydrogen-bond acceptors (Lipinski definition) is 5. The third-order valence-electron chi connectivity index (χ3n) is 7.89. The minimum Gasteiger partial charge on any atom is -0.383 e. The summed E-state index contributed by atoms with van der Waals surface area (Å²) >= 11 is 0. The minimum atomic E-state index is 0.0380. The van der Waals surface area contributed by atoms with Crippen molar-refractivity contribution < 1.29 is 9.53 Å². The third kappa shape index (κ3) is 6.41. The number of rotatable bonds is 6. The van der Waals surface area contributed by atoms with Crippen molar-refractivity contribution in [3.05, 3.63) is 94.7 Å². The molecule has 2 heterocycles. The fourth-order valence-electron chi connectivity index (χ4n) is 5.71. The maximum atomic E-state index is 13.2. The van der Waals surface area contributed by atoms with E-state index in [-0.39, 0.29) is 5.92 Å². The zero-order valence-corrected chi connectivity index (χ0v) is 22.4. The van der Waals surface area contributed by atoms with Gasteiger partial charge in [0, 0.05) is 58.2 Å². The molecule has 1 atom stereocenters. The topological polar surface area (TPSA) is 44.8 Å². The summed E-state index contributed by atoms with van der Waals surface area (Å²) in [6.45, 7) is 6.33. The molecule has 1 saturated heterocycles. The van der Waals surface area contributed by atoms with Crippen molar-refractivity contribution in [2.45, 2.75) is 19.3 Å². The summed E-state index contributed by atoms with van der Waals surface area (Å²) in [5, 5.41) is 5.56. The van der Waals surface area contributed by atoms with Crippen LogP contribution in [0, 0.1) is 5.92 Å². The average Bonchev–Trinajstić information content (AvgIpc) is 3.30. The van der Waals surface area contributed by atoms with Gasteiger partial charge in [0.1, 0.15) is 0 Å². The highest BCUT2D eigenvalue weighted by Crippen LogP contribution is 2.25. The Kier molecular flexibility index (Phi) is 9.02. The van der Waals surface area contributed by atoms with Gasteiger partial charge in [-0.2, -0.15) is 0 Å². The van der Waals surface area contributed by atoms with Gasteiger partial charge in [0.2, 0.25) is 0 Å². The van der Waals surface area contributed by atoms with Gasteiger partial charge in [-0.25, -0.2) is 0 Å². The number of carbonyl (C=O) groups is 1. The number of methoxy groups -OCH3 is 1. The number of hydrogen-bond donors (Lipinski definition) is 1. The highest BCUT2D eigenvalue weighted by atomic mass is 16.5. The Hall–Kier alpha value is -3.25. The number of carbonyl (C=O) groups excluding carboxylic acids is 1. The third-order valence-corrected chi connectivity index (χ3v) is 7.89. The molecule has 2 aliphatic heterocycles. The molecule has 4 aliphatic rings. The Bertz CT molecular complexity index is 1320. The van der Waals surface area contributed by atoms with Crippen molar-refractivity contribution in [1.82, 2.24) is 15.1 Å². The Morgan fingerprint density at radius 2 is 1.66 bits per heavy atom. The van der Waals surface area contributed by atoms with Crippen LogP contribution in [-0.4, -0.2) is 68.6 Å². The van der Waals surface area contributed by atoms with Crippen molar-refractivity contribution in [3.63, 3.8) is 0 Å². The molecule has 2 aromatic carbocycles. The van der Waals surface area contributed by atoms with Gasteiger partial charge >= 0.3 is 0 Å². The lowest BCUT2D eigenvalue weighted by atomic mass is 9.83. The second-order valence-electron chi connectivity index (χ2n) is 10.3. The molecule has 1 unspecified atom stereocenters. The van der Waals surface area contributed by atoms with Gasteiger partial charge in [-0.15, -0.1) is 0 Å². The second kappa shape index (κ2) is 13.0. The Morgan fingerprint density at radius 3 is 2.45 bits per heavy atom. The molecule has 0 bridgehead atoms. The lowest BCUT2D eigenvalue weighted by Crippen LogP contribution is -2.49. The predicted molar refractivity (Wildman–Crippen MR) is 156 cm³/mol. The van der Waals surface area contributed by atoms with Gasteiger partial charge in [0.05, 0.1) is 13.2 Å². The number of allylic oxidation sites excluding steroid dienone is 4. The van der Waals surface area contributed by atoms with Gasteiger partial charge in [0.25, 0.3) is 0 Å². The van der Waals surface area contributed by atoms with Crippen LogP contribution in [0.5, 0.6) is 0 Å². The average molecular weight is 510 g/mol. The van der Waals surface area contributed by atoms with Crippen LogP contribution in [0.25, 0.3) is 23.3 Å². The number of ketones is 1. The van der Waals surface area contributed by atoms with Crippen LogP contribution in [0.4, 0.5) is 0 Å². The van der Waals surface area contributed by atoms with E-state index < -0.39 is 0 Å². The van der Waals surface area contributed by atoms with E-state index in [9.17, 15) is 4.79 Å². The number of fused-ring (bicyclic) bond motifs is 5. The molecule has 6 rings (SSSR count). The minimum absolute atomic E-state index is 0.0380. The molecule has 2 aromatic rings. The van der Waals surface area contributed by atoms with E-state index in [0.717, 1.165) is 58.6 Å². The van der Waals surface area contributed by atoms with Crippen molar-refractivity contribution >= 4 is 17.9 Å². The van der Waals surface area contributed by atoms with Crippen molar-refractivity contribution in [3.8, 4) is 11.1 Å². The fourth-order valence-corrected chi connectivity index (χ4v) is 5.71. The normalized spacial score (nSPS) is 19.9. The molecule has 0 spiro atoms. The van der Waals surface area contributed by atoms with Crippen molar-refractivity contribution in [2.75, 3.05) is 53.0 Å². The maximum Gasteiger partial charge on any atom is 0.153 e. The first-order valence-electron chi connectivity index (χ1n) is 13.9. The van der Waals surface area contributed by atoms with Gasteiger partial charge in [-0.1, -0.05) is 60.7 Å². The molecular formula is C33H39N3O2. The first-order valence-corrected chi connectivity index (χ1v) is 13.9. The van der Waals surface area contributed by atoms with Crippen molar-refractivity contribution in [2.24, 2.45) is 5.92 Å². The van der Waals surface area contributed by atoms with Crippen LogP contribution in [0.2, 0.25) is 0 Å². The summed E-state index contributed by atoms with van der Waals surface area (Å²) in [5.41, 5.74) is 5.45. The van der Waals surface area contributed by atoms with Gasteiger partial charge in [-0.3, -0.25) is 14.6 Å². The Balaban J connectivity index is 0.000000366. The molecular weight excluding hydrogens is 470 g/mol. The molecule has 0 amide bonds. The number of aryl methyl sites for hydroxylation is 1. The summed E-state index contributed by atoms with van der Waals surface area (Å²) in [6, 6.07) is 13.2. The van der Waals surface area contributed by atoms with Crippen LogP contribution in [0.15, 0.2) is 73.1 Å². The van der Waals surface area contributed by atoms with Gasteiger partial charge < -0.3 is 10.1 Å². The summed E-state index contributed by atoms with van der Waals surface area (Å²) in [7, 11) is 1.75. The first-order chi connectivity index (χ1) is 18.7. The molecule has 38 heavy (non-hydrogen) atoms. The predicted octanol–water partition coefficient (Wildman–Crippen LogP) is 3.04. The van der Waals surface area contributed by atoms with E-state index in [1.54, 1.807) is 7.11 Å². The summed E-state index contributed by atoms with van der Waals surface area (Å²) < 4.78 is 5.19. The van der Waals surface area contributed by atoms with Crippen LogP contribution >= 0.6 is 0 Å². The molecule has 5 heteroatoms. The number of nitrogens with zero attached hydrogens (tertiary/aromatic N) is 2. The van der Waals surface area contributed by atoms with Crippen LogP contribution in [0.1, 0.15) is 17.5 Å². The van der Waals surface area contributed by atoms with E-state index in [1.165, 1.54) is 32.7 Å². The Labute approximate surface area is 226 Å². The molecule has 5 nitrogen and oxygen atoms in total. The smallest absolute Gasteiger partial charge is 0.153 e. The van der Waals surface area contributed by atoms with Crippen molar-refractivity contribution in [1.29, 1.82) is 0 Å². The zero-order chi connectivity index (χ0) is 26.2.